The Balaban J connectivity index is 1.89. The highest BCUT2D eigenvalue weighted by atomic mass is 32.1. The Hall–Kier alpha value is -3.00. The van der Waals surface area contributed by atoms with E-state index in [9.17, 15) is 14.7 Å². The van der Waals surface area contributed by atoms with Gasteiger partial charge in [-0.3, -0.25) is 9.59 Å². The molecular formula is C24H26FN3O5S. The van der Waals surface area contributed by atoms with Gasteiger partial charge in [-0.1, -0.05) is 32.1 Å². The van der Waals surface area contributed by atoms with Gasteiger partial charge in [0.05, 0.1) is 16.1 Å². The summed E-state index contributed by atoms with van der Waals surface area (Å²) in [5.74, 6) is 3.49. The van der Waals surface area contributed by atoms with Crippen LogP contribution in [-0.2, 0) is 15.1 Å². The smallest absolute Gasteiger partial charge is 0.277 e. The average Bonchev–Trinajstić information content (AvgIpc) is 3.34. The quantitative estimate of drug-likeness (QED) is 0.640. The molecule has 2 aromatic rings. The molecule has 0 spiro atoms. The summed E-state index contributed by atoms with van der Waals surface area (Å²) in [6.45, 7) is 4.46. The zero-order valence-corrected chi connectivity index (χ0v) is 20.2. The molecule has 2 amide bonds. The number of carbonyl (C=O) groups is 2. The zero-order valence-electron chi connectivity index (χ0n) is 19.4. The number of benzene rings is 1. The van der Waals surface area contributed by atoms with Crippen LogP contribution in [-0.4, -0.2) is 59.7 Å². The largest absolute Gasteiger partial charge is 0.489 e. The van der Waals surface area contributed by atoms with Gasteiger partial charge in [-0.15, -0.1) is 11.3 Å². The van der Waals surface area contributed by atoms with E-state index in [0.29, 0.717) is 22.7 Å². The van der Waals surface area contributed by atoms with Crippen LogP contribution in [0.5, 0.6) is 5.75 Å². The number of rotatable bonds is 4. The Morgan fingerprint density at radius 3 is 2.82 bits per heavy atom. The molecule has 0 radical (unpaired) electrons. The van der Waals surface area contributed by atoms with Crippen LogP contribution in [0.15, 0.2) is 12.1 Å². The fourth-order valence-corrected chi connectivity index (χ4v) is 5.49. The van der Waals surface area contributed by atoms with Crippen LogP contribution in [0, 0.1) is 23.6 Å². The summed E-state index contributed by atoms with van der Waals surface area (Å²) in [4.78, 5) is 30.7. The molecule has 10 heteroatoms. The van der Waals surface area contributed by atoms with Crippen LogP contribution in [0.3, 0.4) is 0 Å². The van der Waals surface area contributed by atoms with Crippen molar-refractivity contribution in [2.45, 2.75) is 37.9 Å². The number of primary amides is 1. The maximum absolute atomic E-state index is 15.0. The molecule has 1 saturated heterocycles. The average molecular weight is 488 g/mol. The number of nitrogens with two attached hydrogens (primary N) is 1. The van der Waals surface area contributed by atoms with Gasteiger partial charge in [-0.25, -0.2) is 9.37 Å². The van der Waals surface area contributed by atoms with Crippen molar-refractivity contribution in [2.24, 2.45) is 11.7 Å². The Morgan fingerprint density at radius 1 is 1.50 bits per heavy atom. The zero-order chi connectivity index (χ0) is 24.8. The summed E-state index contributed by atoms with van der Waals surface area (Å²) in [6.07, 6.45) is 0.886. The van der Waals surface area contributed by atoms with E-state index in [1.54, 1.807) is 14.2 Å². The molecule has 1 fully saturated rings. The topological polar surface area (TPSA) is 115 Å². The van der Waals surface area contributed by atoms with Gasteiger partial charge in [0, 0.05) is 38.8 Å². The minimum Gasteiger partial charge on any atom is -0.489 e. The third-order valence-electron chi connectivity index (χ3n) is 6.67. The molecule has 2 aliphatic rings. The van der Waals surface area contributed by atoms with E-state index in [1.165, 1.54) is 17.0 Å². The number of methoxy groups -OCH3 is 1. The van der Waals surface area contributed by atoms with Crippen LogP contribution < -0.4 is 10.5 Å². The number of hydrogen-bond acceptors (Lipinski definition) is 7. The Bertz CT molecular complexity index is 1240. The van der Waals surface area contributed by atoms with Gasteiger partial charge in [0.1, 0.15) is 23.8 Å². The summed E-state index contributed by atoms with van der Waals surface area (Å²) in [5, 5.41) is 10.7. The lowest BCUT2D eigenvalue weighted by atomic mass is 9.84. The number of hydrogen-bond donors (Lipinski definition) is 2. The number of likely N-dealkylation sites (N-methyl/N-ethyl adjacent to an activating group) is 1. The first kappa shape index (κ1) is 24.1. The van der Waals surface area contributed by atoms with Gasteiger partial charge in [-0.2, -0.15) is 0 Å². The molecule has 1 aromatic heterocycles. The van der Waals surface area contributed by atoms with Crippen molar-refractivity contribution in [1.82, 2.24) is 9.88 Å². The number of ether oxygens (including phenoxy) is 2. The van der Waals surface area contributed by atoms with E-state index in [0.717, 1.165) is 17.8 Å². The molecule has 180 valence electrons. The number of aliphatic hydroxyl groups is 1. The van der Waals surface area contributed by atoms with E-state index in [4.69, 9.17) is 15.2 Å². The number of halogens is 1. The second kappa shape index (κ2) is 8.65. The number of carbonyl (C=O) groups excluding carboxylic acids is 2. The van der Waals surface area contributed by atoms with Crippen LogP contribution >= 0.6 is 11.3 Å². The molecule has 3 N–H and O–H groups in total. The summed E-state index contributed by atoms with van der Waals surface area (Å²) in [6, 6.07) is 2.65. The van der Waals surface area contributed by atoms with Crippen LogP contribution in [0.25, 0.3) is 11.3 Å². The van der Waals surface area contributed by atoms with Crippen molar-refractivity contribution >= 4 is 23.2 Å². The minimum atomic E-state index is -1.86. The van der Waals surface area contributed by atoms with E-state index >= 15 is 4.39 Å². The number of likely N-dealkylation sites (tertiary alicyclic amines) is 1. The summed E-state index contributed by atoms with van der Waals surface area (Å²) in [5.41, 5.74) is 3.53. The second-order valence-electron chi connectivity index (χ2n) is 8.67. The predicted octanol–water partition coefficient (Wildman–Crippen LogP) is 2.27. The van der Waals surface area contributed by atoms with Gasteiger partial charge in [-0.05, 0) is 12.0 Å². The molecule has 4 rings (SSSR count). The second-order valence-corrected chi connectivity index (χ2v) is 9.67. The Kier molecular flexibility index (Phi) is 6.14. The lowest BCUT2D eigenvalue weighted by Crippen LogP contribution is -2.40. The lowest BCUT2D eigenvalue weighted by Gasteiger charge is -2.35. The number of thiazole rings is 1. The highest BCUT2D eigenvalue weighted by molar-refractivity contribution is 7.14. The third-order valence-corrected chi connectivity index (χ3v) is 7.90. The van der Waals surface area contributed by atoms with E-state index < -0.39 is 28.8 Å². The molecule has 0 aliphatic carbocycles. The molecule has 3 heterocycles. The maximum Gasteiger partial charge on any atom is 0.277 e. The van der Waals surface area contributed by atoms with E-state index in [-0.39, 0.29) is 35.3 Å². The summed E-state index contributed by atoms with van der Waals surface area (Å²) >= 11 is 1.13. The Labute approximate surface area is 200 Å². The fraction of sp³-hybridized carbons (Fsp3) is 0.458. The maximum atomic E-state index is 15.0. The molecule has 8 nitrogen and oxygen atoms in total. The van der Waals surface area contributed by atoms with Crippen LogP contribution in [0.1, 0.15) is 46.9 Å². The Morgan fingerprint density at radius 2 is 2.24 bits per heavy atom. The minimum absolute atomic E-state index is 0.0181. The first-order valence-electron chi connectivity index (χ1n) is 10.9. The highest BCUT2D eigenvalue weighted by Gasteiger charge is 2.46. The predicted molar refractivity (Wildman–Crippen MR) is 124 cm³/mol. The lowest BCUT2D eigenvalue weighted by molar-refractivity contribution is -0.137. The van der Waals surface area contributed by atoms with Gasteiger partial charge < -0.3 is 25.2 Å². The standard InChI is InChI=1S/C24H26FN3O5S/c1-5-13(2)24(32-4)12-33-17-11-16(25)14(6-7-23(31)8-9-28(3)22(23)30)10-15(17)18-19(24)34-21(27-18)20(26)29/h10-11,13,31H,5,8-9,12H2,1-4H3,(H2,26,29). The van der Waals surface area contributed by atoms with Crippen molar-refractivity contribution in [1.29, 1.82) is 0 Å². The van der Waals surface area contributed by atoms with Gasteiger partial charge >= 0.3 is 0 Å². The number of amides is 2. The molecule has 3 unspecified atom stereocenters. The van der Waals surface area contributed by atoms with Gasteiger partial charge in [0.2, 0.25) is 5.60 Å². The van der Waals surface area contributed by atoms with Crippen molar-refractivity contribution in [3.8, 4) is 28.8 Å². The first-order chi connectivity index (χ1) is 16.1. The van der Waals surface area contributed by atoms with Crippen molar-refractivity contribution < 1.29 is 28.6 Å². The molecule has 0 saturated carbocycles. The molecule has 1 aromatic carbocycles. The molecule has 2 aliphatic heterocycles. The molecular weight excluding hydrogens is 461 g/mol. The van der Waals surface area contributed by atoms with Gasteiger partial charge in [0.15, 0.2) is 5.01 Å². The molecule has 3 atom stereocenters. The molecule has 0 bridgehead atoms. The van der Waals surface area contributed by atoms with Crippen molar-refractivity contribution in [3.05, 3.63) is 33.4 Å². The third kappa shape index (κ3) is 3.74. The highest BCUT2D eigenvalue weighted by Crippen LogP contribution is 2.49. The molecule has 34 heavy (non-hydrogen) atoms. The number of nitrogens with zero attached hydrogens (tertiary/aromatic N) is 2. The number of aromatic nitrogens is 1. The number of fused-ring (bicyclic) bond motifs is 3. The first-order valence-corrected chi connectivity index (χ1v) is 11.7. The fourth-order valence-electron chi connectivity index (χ4n) is 4.29. The normalized spacial score (nSPS) is 24.4. The monoisotopic (exact) mass is 487 g/mol. The van der Waals surface area contributed by atoms with E-state index in [2.05, 4.69) is 16.8 Å². The van der Waals surface area contributed by atoms with E-state index in [1.807, 2.05) is 13.8 Å². The SMILES string of the molecule is CCC(C)C1(OC)COc2cc(F)c(C#CC3(O)CCN(C)C3=O)cc2-c2nc(C(N)=O)sc21. The van der Waals surface area contributed by atoms with Gasteiger partial charge in [0.25, 0.3) is 11.8 Å². The van der Waals surface area contributed by atoms with Crippen molar-refractivity contribution in [2.75, 3.05) is 27.3 Å². The summed E-state index contributed by atoms with van der Waals surface area (Å²) < 4.78 is 27.0. The van der Waals surface area contributed by atoms with Crippen molar-refractivity contribution in [3.63, 3.8) is 0 Å². The van der Waals surface area contributed by atoms with Crippen LogP contribution in [0.4, 0.5) is 4.39 Å². The summed E-state index contributed by atoms with van der Waals surface area (Å²) in [7, 11) is 3.13. The van der Waals surface area contributed by atoms with Crippen LogP contribution in [0.2, 0.25) is 0 Å².